The molecule has 1 amide bonds. The van der Waals surface area contributed by atoms with Crippen molar-refractivity contribution in [3.63, 3.8) is 0 Å². The number of benzene rings is 1. The lowest BCUT2D eigenvalue weighted by molar-refractivity contribution is -0.137. The van der Waals surface area contributed by atoms with Gasteiger partial charge in [-0.25, -0.2) is 4.79 Å². The van der Waals surface area contributed by atoms with Crippen molar-refractivity contribution >= 4 is 17.7 Å². The molecule has 0 heterocycles. The molecule has 0 saturated carbocycles. The molecule has 0 fully saturated rings. The van der Waals surface area contributed by atoms with Gasteiger partial charge in [0.25, 0.3) is 0 Å². The summed E-state index contributed by atoms with van der Waals surface area (Å²) in [4.78, 5) is 21.7. The van der Waals surface area contributed by atoms with Crippen LogP contribution in [0.15, 0.2) is 36.9 Å². The van der Waals surface area contributed by atoms with Crippen LogP contribution in [0.4, 0.5) is 10.5 Å². The Kier molecular flexibility index (Phi) is 6.15. The van der Waals surface area contributed by atoms with Crippen LogP contribution in [-0.2, 0) is 16.0 Å². The number of carboxylic acids is 1. The van der Waals surface area contributed by atoms with Crippen LogP contribution in [0.1, 0.15) is 18.4 Å². The Labute approximate surface area is 111 Å². The van der Waals surface area contributed by atoms with E-state index in [1.165, 1.54) is 6.08 Å². The number of amides is 1. The number of nitrogens with one attached hydrogen (secondary N) is 1. The second-order valence-corrected chi connectivity index (χ2v) is 3.96. The summed E-state index contributed by atoms with van der Waals surface area (Å²) in [5.74, 6) is -0.803. The largest absolute Gasteiger partial charge is 0.481 e. The van der Waals surface area contributed by atoms with Crippen molar-refractivity contribution < 1.29 is 19.4 Å². The average Bonchev–Trinajstić information content (AvgIpc) is 2.36. The molecule has 5 heteroatoms. The van der Waals surface area contributed by atoms with Gasteiger partial charge < -0.3 is 9.84 Å². The number of hydrogen-bond donors (Lipinski definition) is 2. The maximum Gasteiger partial charge on any atom is 0.411 e. The van der Waals surface area contributed by atoms with E-state index in [1.54, 1.807) is 18.2 Å². The van der Waals surface area contributed by atoms with Crippen LogP contribution >= 0.6 is 0 Å². The molecule has 0 radical (unpaired) electrons. The van der Waals surface area contributed by atoms with E-state index in [-0.39, 0.29) is 13.0 Å². The molecule has 0 saturated heterocycles. The zero-order valence-electron chi connectivity index (χ0n) is 10.6. The third-order valence-corrected chi connectivity index (χ3v) is 2.36. The minimum atomic E-state index is -0.803. The van der Waals surface area contributed by atoms with Crippen molar-refractivity contribution in [3.05, 3.63) is 42.5 Å². The summed E-state index contributed by atoms with van der Waals surface area (Å²) in [5.41, 5.74) is 1.60. The summed E-state index contributed by atoms with van der Waals surface area (Å²) in [6, 6.07) is 7.24. The standard InChI is InChI=1S/C14H17NO4/c1-2-9-19-14(18)15-12-7-3-5-11(10-12)6-4-8-13(16)17/h2-3,5,7,10H,1,4,6,8-9H2,(H,15,18)(H,16,17). The van der Waals surface area contributed by atoms with Gasteiger partial charge in [-0.2, -0.15) is 0 Å². The van der Waals surface area contributed by atoms with Gasteiger partial charge >= 0.3 is 12.1 Å². The van der Waals surface area contributed by atoms with Gasteiger partial charge in [-0.15, -0.1) is 0 Å². The van der Waals surface area contributed by atoms with E-state index in [1.807, 2.05) is 6.07 Å². The fourth-order valence-corrected chi connectivity index (χ4v) is 1.54. The second kappa shape index (κ2) is 7.92. The minimum absolute atomic E-state index is 0.138. The van der Waals surface area contributed by atoms with Gasteiger partial charge in [-0.05, 0) is 30.5 Å². The number of ether oxygens (including phenoxy) is 1. The summed E-state index contributed by atoms with van der Waals surface area (Å²) in [6.07, 6.45) is 2.31. The highest BCUT2D eigenvalue weighted by Crippen LogP contribution is 2.13. The Morgan fingerprint density at radius 3 is 2.89 bits per heavy atom. The Morgan fingerprint density at radius 1 is 1.42 bits per heavy atom. The first-order chi connectivity index (χ1) is 9.11. The molecule has 19 heavy (non-hydrogen) atoms. The topological polar surface area (TPSA) is 75.6 Å². The van der Waals surface area contributed by atoms with Crippen molar-refractivity contribution in [1.82, 2.24) is 0 Å². The zero-order valence-corrected chi connectivity index (χ0v) is 10.6. The zero-order chi connectivity index (χ0) is 14.1. The van der Waals surface area contributed by atoms with E-state index in [4.69, 9.17) is 9.84 Å². The fourth-order valence-electron chi connectivity index (χ4n) is 1.54. The third-order valence-electron chi connectivity index (χ3n) is 2.36. The normalized spacial score (nSPS) is 9.68. The molecular weight excluding hydrogens is 246 g/mol. The van der Waals surface area contributed by atoms with Gasteiger partial charge in [0.15, 0.2) is 0 Å². The van der Waals surface area contributed by atoms with Gasteiger partial charge in [0.2, 0.25) is 0 Å². The Bertz CT molecular complexity index is 457. The van der Waals surface area contributed by atoms with Crippen LogP contribution in [0.25, 0.3) is 0 Å². The van der Waals surface area contributed by atoms with Crippen LogP contribution in [0.2, 0.25) is 0 Å². The number of carbonyl (C=O) groups is 2. The molecule has 0 unspecified atom stereocenters. The van der Waals surface area contributed by atoms with E-state index in [0.29, 0.717) is 18.5 Å². The number of carbonyl (C=O) groups excluding carboxylic acids is 1. The van der Waals surface area contributed by atoms with Crippen molar-refractivity contribution in [3.8, 4) is 0 Å². The second-order valence-electron chi connectivity index (χ2n) is 3.96. The molecule has 2 N–H and O–H groups in total. The molecule has 0 spiro atoms. The highest BCUT2D eigenvalue weighted by molar-refractivity contribution is 5.84. The predicted molar refractivity (Wildman–Crippen MR) is 72.2 cm³/mol. The fraction of sp³-hybridized carbons (Fsp3) is 0.286. The van der Waals surface area contributed by atoms with Crippen LogP contribution < -0.4 is 5.32 Å². The van der Waals surface area contributed by atoms with Crippen LogP contribution in [0.3, 0.4) is 0 Å². The number of carboxylic acid groups (broad SMARTS) is 1. The van der Waals surface area contributed by atoms with Crippen LogP contribution in [0, 0.1) is 0 Å². The summed E-state index contributed by atoms with van der Waals surface area (Å²) < 4.78 is 4.80. The molecular formula is C14H17NO4. The van der Waals surface area contributed by atoms with E-state index in [2.05, 4.69) is 11.9 Å². The first kappa shape index (κ1) is 14.8. The third kappa shape index (κ3) is 6.26. The molecule has 0 atom stereocenters. The molecule has 0 aliphatic carbocycles. The van der Waals surface area contributed by atoms with Crippen molar-refractivity contribution in [2.75, 3.05) is 11.9 Å². The molecule has 1 aromatic rings. The Morgan fingerprint density at radius 2 is 2.21 bits per heavy atom. The first-order valence-corrected chi connectivity index (χ1v) is 5.97. The van der Waals surface area contributed by atoms with Crippen LogP contribution in [0.5, 0.6) is 0 Å². The molecule has 1 rings (SSSR count). The number of rotatable bonds is 7. The number of aliphatic carboxylic acids is 1. The van der Waals surface area contributed by atoms with Gasteiger partial charge in [0.1, 0.15) is 6.61 Å². The van der Waals surface area contributed by atoms with Gasteiger partial charge in [-0.1, -0.05) is 24.8 Å². The predicted octanol–water partition coefficient (Wildman–Crippen LogP) is 2.83. The lowest BCUT2D eigenvalue weighted by Crippen LogP contribution is -2.13. The molecule has 0 aromatic heterocycles. The van der Waals surface area contributed by atoms with Gasteiger partial charge in [-0.3, -0.25) is 10.1 Å². The van der Waals surface area contributed by atoms with Gasteiger partial charge in [0.05, 0.1) is 0 Å². The minimum Gasteiger partial charge on any atom is -0.481 e. The monoisotopic (exact) mass is 263 g/mol. The smallest absolute Gasteiger partial charge is 0.411 e. The molecule has 5 nitrogen and oxygen atoms in total. The van der Waals surface area contributed by atoms with Crippen LogP contribution in [-0.4, -0.2) is 23.8 Å². The summed E-state index contributed by atoms with van der Waals surface area (Å²) in [5, 5.41) is 11.2. The van der Waals surface area contributed by atoms with E-state index in [0.717, 1.165) is 5.56 Å². The number of aryl methyl sites for hydroxylation is 1. The summed E-state index contributed by atoms with van der Waals surface area (Å²) in [7, 11) is 0. The quantitative estimate of drug-likeness (QED) is 0.742. The summed E-state index contributed by atoms with van der Waals surface area (Å²) in [6.45, 7) is 3.61. The maximum atomic E-state index is 11.3. The van der Waals surface area contributed by atoms with E-state index in [9.17, 15) is 9.59 Å². The molecule has 0 aliphatic heterocycles. The highest BCUT2D eigenvalue weighted by Gasteiger charge is 2.03. The number of anilines is 1. The summed E-state index contributed by atoms with van der Waals surface area (Å²) >= 11 is 0. The van der Waals surface area contributed by atoms with Crippen molar-refractivity contribution in [2.24, 2.45) is 0 Å². The van der Waals surface area contributed by atoms with E-state index < -0.39 is 12.1 Å². The van der Waals surface area contributed by atoms with Gasteiger partial charge in [0, 0.05) is 12.1 Å². The maximum absolute atomic E-state index is 11.3. The lowest BCUT2D eigenvalue weighted by atomic mass is 10.1. The van der Waals surface area contributed by atoms with Crippen molar-refractivity contribution in [1.29, 1.82) is 0 Å². The molecule has 0 aliphatic rings. The number of hydrogen-bond acceptors (Lipinski definition) is 3. The molecule has 0 bridgehead atoms. The SMILES string of the molecule is C=CCOC(=O)Nc1cccc(CCCC(=O)O)c1. The highest BCUT2D eigenvalue weighted by atomic mass is 16.5. The van der Waals surface area contributed by atoms with E-state index >= 15 is 0 Å². The molecule has 102 valence electrons. The first-order valence-electron chi connectivity index (χ1n) is 5.97. The lowest BCUT2D eigenvalue weighted by Gasteiger charge is -2.07. The molecule has 1 aromatic carbocycles. The average molecular weight is 263 g/mol. The van der Waals surface area contributed by atoms with Crippen molar-refractivity contribution in [2.45, 2.75) is 19.3 Å². The Balaban J connectivity index is 2.49. The Hall–Kier alpha value is -2.30.